The smallest absolute Gasteiger partial charge is 0.250 e. The van der Waals surface area contributed by atoms with Gasteiger partial charge >= 0.3 is 0 Å². The number of rotatable bonds is 5. The first-order valence-corrected chi connectivity index (χ1v) is 9.37. The van der Waals surface area contributed by atoms with E-state index in [0.29, 0.717) is 18.7 Å². The van der Waals surface area contributed by atoms with Gasteiger partial charge in [0.1, 0.15) is 12.3 Å². The summed E-state index contributed by atoms with van der Waals surface area (Å²) in [6, 6.07) is 15.5. The largest absolute Gasteiger partial charge is 0.496 e. The number of benzene rings is 2. The van der Waals surface area contributed by atoms with Gasteiger partial charge in [-0.25, -0.2) is 0 Å². The number of carbonyl (C=O) groups excluding carboxylic acids is 2. The van der Waals surface area contributed by atoms with Crippen LogP contribution in [-0.2, 0) is 11.3 Å². The average molecular weight is 377 g/mol. The zero-order valence-corrected chi connectivity index (χ0v) is 15.8. The van der Waals surface area contributed by atoms with Gasteiger partial charge < -0.3 is 19.9 Å². The van der Waals surface area contributed by atoms with E-state index in [0.717, 1.165) is 28.6 Å². The van der Waals surface area contributed by atoms with Gasteiger partial charge in [-0.3, -0.25) is 9.59 Å². The van der Waals surface area contributed by atoms with Gasteiger partial charge in [-0.05, 0) is 24.1 Å². The zero-order chi connectivity index (χ0) is 19.7. The van der Waals surface area contributed by atoms with Crippen LogP contribution >= 0.6 is 0 Å². The Labute approximate surface area is 163 Å². The molecule has 2 aromatic carbocycles. The van der Waals surface area contributed by atoms with Crippen LogP contribution < -0.4 is 10.5 Å². The number of nitrogens with zero attached hydrogens (tertiary/aromatic N) is 2. The summed E-state index contributed by atoms with van der Waals surface area (Å²) in [7, 11) is 1.67. The Morgan fingerprint density at radius 3 is 2.68 bits per heavy atom. The molecule has 1 saturated heterocycles. The molecule has 6 heteroatoms. The summed E-state index contributed by atoms with van der Waals surface area (Å²) in [5.41, 5.74) is 7.92. The molecular formula is C22H23N3O3. The normalized spacial score (nSPS) is 16.5. The van der Waals surface area contributed by atoms with Crippen molar-refractivity contribution in [2.45, 2.75) is 18.9 Å². The maximum Gasteiger partial charge on any atom is 0.250 e. The molecule has 2 N–H and O–H groups in total. The van der Waals surface area contributed by atoms with Gasteiger partial charge in [0.25, 0.3) is 5.91 Å². The molecule has 0 aliphatic carbocycles. The highest BCUT2D eigenvalue weighted by Gasteiger charge is 2.29. The molecule has 2 heterocycles. The van der Waals surface area contributed by atoms with Crippen molar-refractivity contribution in [3.8, 4) is 5.75 Å². The molecule has 1 fully saturated rings. The van der Waals surface area contributed by atoms with Gasteiger partial charge in [0.2, 0.25) is 5.91 Å². The number of likely N-dealkylation sites (tertiary alicyclic amines) is 1. The summed E-state index contributed by atoms with van der Waals surface area (Å²) < 4.78 is 7.28. The number of amides is 2. The van der Waals surface area contributed by atoms with Crippen LogP contribution in [0.4, 0.5) is 0 Å². The number of ether oxygens (including phenoxy) is 1. The molecule has 1 aliphatic heterocycles. The van der Waals surface area contributed by atoms with Crippen molar-refractivity contribution >= 4 is 22.7 Å². The van der Waals surface area contributed by atoms with E-state index in [9.17, 15) is 9.59 Å². The van der Waals surface area contributed by atoms with Crippen LogP contribution in [0.2, 0.25) is 0 Å². The van der Waals surface area contributed by atoms with Gasteiger partial charge in [0, 0.05) is 36.1 Å². The summed E-state index contributed by atoms with van der Waals surface area (Å²) in [6.07, 6.45) is 2.59. The third kappa shape index (κ3) is 3.22. The number of primary amides is 1. The minimum atomic E-state index is -0.486. The van der Waals surface area contributed by atoms with Crippen molar-refractivity contribution in [3.63, 3.8) is 0 Å². The second kappa shape index (κ2) is 7.38. The molecular weight excluding hydrogens is 354 g/mol. The van der Waals surface area contributed by atoms with Gasteiger partial charge in [-0.15, -0.1) is 0 Å². The van der Waals surface area contributed by atoms with E-state index in [1.165, 1.54) is 0 Å². The fraction of sp³-hybridized carbons (Fsp3) is 0.273. The fourth-order valence-corrected chi connectivity index (χ4v) is 4.06. The standard InChI is InChI=1S/C22H23N3O3/c1-28-20-9-5-3-6-16(20)15-10-11-24(12-15)21(26)14-25-13-18(22(23)27)17-7-2-4-8-19(17)25/h2-9,13,15H,10-12,14H2,1H3,(H2,23,27). The third-order valence-electron chi connectivity index (χ3n) is 5.48. The first-order chi connectivity index (χ1) is 13.6. The van der Waals surface area contributed by atoms with Crippen LogP contribution in [0.3, 0.4) is 0 Å². The lowest BCUT2D eigenvalue weighted by atomic mass is 9.97. The maximum atomic E-state index is 12.9. The predicted molar refractivity (Wildman–Crippen MR) is 107 cm³/mol. The number of methoxy groups -OCH3 is 1. The highest BCUT2D eigenvalue weighted by Crippen LogP contribution is 2.33. The summed E-state index contributed by atoms with van der Waals surface area (Å²) in [4.78, 5) is 26.5. The summed E-state index contributed by atoms with van der Waals surface area (Å²) >= 11 is 0. The number of aromatic nitrogens is 1. The number of hydrogen-bond donors (Lipinski definition) is 1. The van der Waals surface area contributed by atoms with Crippen LogP contribution in [-0.4, -0.2) is 41.5 Å². The van der Waals surface area contributed by atoms with Gasteiger partial charge in [0.15, 0.2) is 0 Å². The molecule has 1 aromatic heterocycles. The van der Waals surface area contributed by atoms with Gasteiger partial charge in [-0.2, -0.15) is 0 Å². The van der Waals surface area contributed by atoms with Crippen molar-refractivity contribution in [2.24, 2.45) is 5.73 Å². The number of fused-ring (bicyclic) bond motifs is 1. The van der Waals surface area contributed by atoms with Gasteiger partial charge in [0.05, 0.1) is 12.7 Å². The van der Waals surface area contributed by atoms with Crippen molar-refractivity contribution < 1.29 is 14.3 Å². The van der Waals surface area contributed by atoms with E-state index in [4.69, 9.17) is 10.5 Å². The van der Waals surface area contributed by atoms with Crippen LogP contribution in [0.25, 0.3) is 10.9 Å². The molecule has 2 amide bonds. The number of nitrogens with two attached hydrogens (primary N) is 1. The Morgan fingerprint density at radius 2 is 1.89 bits per heavy atom. The molecule has 1 atom stereocenters. The summed E-state index contributed by atoms with van der Waals surface area (Å²) in [6.45, 7) is 1.57. The Bertz CT molecular complexity index is 1040. The molecule has 0 bridgehead atoms. The van der Waals surface area contributed by atoms with Crippen molar-refractivity contribution in [1.82, 2.24) is 9.47 Å². The lowest BCUT2D eigenvalue weighted by Gasteiger charge is -2.18. The van der Waals surface area contributed by atoms with Gasteiger partial charge in [-0.1, -0.05) is 36.4 Å². The van der Waals surface area contributed by atoms with E-state index in [1.54, 1.807) is 13.3 Å². The monoisotopic (exact) mass is 377 g/mol. The van der Waals surface area contributed by atoms with E-state index in [-0.39, 0.29) is 18.4 Å². The van der Waals surface area contributed by atoms with Crippen LogP contribution in [0.15, 0.2) is 54.7 Å². The topological polar surface area (TPSA) is 77.6 Å². The van der Waals surface area contributed by atoms with Crippen LogP contribution in [0, 0.1) is 0 Å². The maximum absolute atomic E-state index is 12.9. The average Bonchev–Trinajstić information content (AvgIpc) is 3.34. The zero-order valence-electron chi connectivity index (χ0n) is 15.8. The summed E-state index contributed by atoms with van der Waals surface area (Å²) in [5.74, 6) is 0.681. The van der Waals surface area contributed by atoms with Crippen molar-refractivity contribution in [2.75, 3.05) is 20.2 Å². The molecule has 1 aliphatic rings. The molecule has 0 radical (unpaired) electrons. The lowest BCUT2D eigenvalue weighted by Crippen LogP contribution is -2.31. The van der Waals surface area contributed by atoms with E-state index in [1.807, 2.05) is 51.9 Å². The Balaban J connectivity index is 1.52. The third-order valence-corrected chi connectivity index (χ3v) is 5.48. The quantitative estimate of drug-likeness (QED) is 0.743. The predicted octanol–water partition coefficient (Wildman–Crippen LogP) is 2.76. The lowest BCUT2D eigenvalue weighted by molar-refractivity contribution is -0.130. The number of hydrogen-bond acceptors (Lipinski definition) is 3. The Hall–Kier alpha value is -3.28. The number of carbonyl (C=O) groups is 2. The Kier molecular flexibility index (Phi) is 4.77. The molecule has 0 saturated carbocycles. The molecule has 6 nitrogen and oxygen atoms in total. The van der Waals surface area contributed by atoms with Crippen molar-refractivity contribution in [1.29, 1.82) is 0 Å². The second-order valence-electron chi connectivity index (χ2n) is 7.12. The molecule has 1 unspecified atom stereocenters. The SMILES string of the molecule is COc1ccccc1C1CCN(C(=O)Cn2cc(C(N)=O)c3ccccc32)C1. The molecule has 0 spiro atoms. The van der Waals surface area contributed by atoms with Crippen molar-refractivity contribution in [3.05, 3.63) is 65.9 Å². The minimum Gasteiger partial charge on any atom is -0.496 e. The van der Waals surface area contributed by atoms with E-state index < -0.39 is 5.91 Å². The first kappa shape index (κ1) is 18.1. The van der Waals surface area contributed by atoms with E-state index in [2.05, 4.69) is 6.07 Å². The fourth-order valence-electron chi connectivity index (χ4n) is 4.06. The molecule has 144 valence electrons. The Morgan fingerprint density at radius 1 is 1.14 bits per heavy atom. The molecule has 28 heavy (non-hydrogen) atoms. The second-order valence-corrected chi connectivity index (χ2v) is 7.12. The first-order valence-electron chi connectivity index (χ1n) is 9.37. The summed E-state index contributed by atoms with van der Waals surface area (Å²) in [5, 5.41) is 0.774. The van der Waals surface area contributed by atoms with E-state index >= 15 is 0 Å². The van der Waals surface area contributed by atoms with Crippen LogP contribution in [0.1, 0.15) is 28.3 Å². The molecule has 4 rings (SSSR count). The highest BCUT2D eigenvalue weighted by atomic mass is 16.5. The molecule has 3 aromatic rings. The highest BCUT2D eigenvalue weighted by molar-refractivity contribution is 6.06. The van der Waals surface area contributed by atoms with Crippen LogP contribution in [0.5, 0.6) is 5.75 Å². The minimum absolute atomic E-state index is 0.0363. The number of para-hydroxylation sites is 2.